The van der Waals surface area contributed by atoms with Crippen LogP contribution in [-0.4, -0.2) is 51.4 Å². The monoisotopic (exact) mass is 507 g/mol. The van der Waals surface area contributed by atoms with Gasteiger partial charge in [-0.15, -0.1) is 0 Å². The number of ether oxygens (including phenoxy) is 1. The van der Waals surface area contributed by atoms with Crippen molar-refractivity contribution in [2.75, 3.05) is 31.2 Å². The number of hydrogen-bond donors (Lipinski definition) is 1. The molecule has 7 nitrogen and oxygen atoms in total. The predicted molar refractivity (Wildman–Crippen MR) is 142 cm³/mol. The molecule has 196 valence electrons. The lowest BCUT2D eigenvalue weighted by Crippen LogP contribution is -2.35. The maximum Gasteiger partial charge on any atom is 0.409 e. The lowest BCUT2D eigenvalue weighted by molar-refractivity contribution is 0.0972. The maximum atomic E-state index is 15.1. The van der Waals surface area contributed by atoms with E-state index >= 15 is 4.39 Å². The Hall–Kier alpha value is -2.16. The van der Waals surface area contributed by atoms with Gasteiger partial charge in [0.05, 0.1) is 23.4 Å². The van der Waals surface area contributed by atoms with E-state index in [4.69, 9.17) is 10.5 Å². The molecule has 9 heteroatoms. The number of aromatic nitrogens is 3. The van der Waals surface area contributed by atoms with Crippen molar-refractivity contribution >= 4 is 34.6 Å². The summed E-state index contributed by atoms with van der Waals surface area (Å²) in [5.41, 5.74) is 7.68. The molecule has 3 heterocycles. The van der Waals surface area contributed by atoms with Crippen LogP contribution in [0.25, 0.3) is 10.9 Å². The molecule has 1 unspecified atom stereocenters. The highest BCUT2D eigenvalue weighted by Crippen LogP contribution is 2.30. The van der Waals surface area contributed by atoms with E-state index in [2.05, 4.69) is 21.9 Å². The number of thioether (sulfide) groups is 1. The van der Waals surface area contributed by atoms with Crippen LogP contribution in [-0.2, 0) is 17.6 Å². The number of carbonyl (C=O) groups excluding carboxylic acids is 1. The van der Waals surface area contributed by atoms with Gasteiger partial charge in [-0.2, -0.15) is 0 Å². The van der Waals surface area contributed by atoms with Crippen molar-refractivity contribution < 1.29 is 13.9 Å². The Kier molecular flexibility index (Phi) is 12.5. The number of unbranched alkanes of at least 4 members (excludes halogenated alkanes) is 1. The number of pyridine rings is 1. The molecule has 35 heavy (non-hydrogen) atoms. The van der Waals surface area contributed by atoms with E-state index in [1.807, 2.05) is 32.6 Å². The van der Waals surface area contributed by atoms with Crippen molar-refractivity contribution in [3.8, 4) is 0 Å². The average Bonchev–Trinajstić information content (AvgIpc) is 3.11. The number of fused-ring (bicyclic) bond motifs is 1. The zero-order chi connectivity index (χ0) is 25.8. The molecule has 0 saturated carbocycles. The van der Waals surface area contributed by atoms with Gasteiger partial charge in [-0.3, -0.25) is 4.98 Å². The normalized spacial score (nSPS) is 15.9. The molecule has 1 aliphatic rings. The second-order valence-electron chi connectivity index (χ2n) is 8.54. The van der Waals surface area contributed by atoms with Crippen molar-refractivity contribution in [3.63, 3.8) is 0 Å². The number of aryl methyl sites for hydroxylation is 2. The molecule has 1 amide bonds. The summed E-state index contributed by atoms with van der Waals surface area (Å²) in [6, 6.07) is 0. The molecule has 1 fully saturated rings. The summed E-state index contributed by atoms with van der Waals surface area (Å²) in [6.07, 6.45) is 6.72. The van der Waals surface area contributed by atoms with Crippen LogP contribution in [0.5, 0.6) is 0 Å². The van der Waals surface area contributed by atoms with Gasteiger partial charge in [0.25, 0.3) is 0 Å². The van der Waals surface area contributed by atoms with Crippen LogP contribution in [0, 0.1) is 11.7 Å². The van der Waals surface area contributed by atoms with Gasteiger partial charge >= 0.3 is 6.09 Å². The SMILES string of the molecule is CC.CCCCOC(=O)N1CCCCC(CCc2nc(CC)c(F)c3nc(SCC)nc(N)c23)C1. The zero-order valence-electron chi connectivity index (χ0n) is 22.0. The number of amides is 1. The summed E-state index contributed by atoms with van der Waals surface area (Å²) in [6.45, 7) is 11.8. The van der Waals surface area contributed by atoms with Crippen molar-refractivity contribution in [2.45, 2.75) is 91.1 Å². The molecule has 0 aliphatic carbocycles. The number of nitrogen functional groups attached to an aromatic ring is 1. The molecule has 2 aromatic heterocycles. The van der Waals surface area contributed by atoms with Crippen LogP contribution in [0.1, 0.15) is 84.5 Å². The van der Waals surface area contributed by atoms with Gasteiger partial charge < -0.3 is 15.4 Å². The van der Waals surface area contributed by atoms with E-state index in [0.29, 0.717) is 48.1 Å². The molecular formula is C26H42FN5O2S. The lowest BCUT2D eigenvalue weighted by Gasteiger charge is -2.24. The van der Waals surface area contributed by atoms with Crippen molar-refractivity contribution in [3.05, 3.63) is 17.2 Å². The highest BCUT2D eigenvalue weighted by Gasteiger charge is 2.24. The zero-order valence-corrected chi connectivity index (χ0v) is 22.8. The number of rotatable bonds is 9. The van der Waals surface area contributed by atoms with E-state index in [9.17, 15) is 4.79 Å². The number of hydrogen-bond acceptors (Lipinski definition) is 7. The first-order chi connectivity index (χ1) is 17.0. The molecule has 1 atom stereocenters. The number of carbonyl (C=O) groups is 1. The smallest absolute Gasteiger partial charge is 0.409 e. The minimum Gasteiger partial charge on any atom is -0.449 e. The van der Waals surface area contributed by atoms with Gasteiger partial charge in [0, 0.05) is 13.1 Å². The second-order valence-corrected chi connectivity index (χ2v) is 9.77. The second kappa shape index (κ2) is 15.1. The Bertz CT molecular complexity index is 959. The highest BCUT2D eigenvalue weighted by atomic mass is 32.2. The highest BCUT2D eigenvalue weighted by molar-refractivity contribution is 7.99. The number of anilines is 1. The van der Waals surface area contributed by atoms with Crippen molar-refractivity contribution in [1.82, 2.24) is 19.9 Å². The Morgan fingerprint density at radius 3 is 2.63 bits per heavy atom. The number of halogens is 1. The van der Waals surface area contributed by atoms with Crippen LogP contribution in [0.2, 0.25) is 0 Å². The predicted octanol–water partition coefficient (Wildman–Crippen LogP) is 6.42. The van der Waals surface area contributed by atoms with E-state index in [1.54, 1.807) is 0 Å². The Labute approximate surface area is 213 Å². The van der Waals surface area contributed by atoms with Gasteiger partial charge in [0.2, 0.25) is 0 Å². The first-order valence-corrected chi connectivity index (χ1v) is 14.2. The standard InChI is InChI=1S/C24H36FN5O2S.C2H6/c1-4-7-14-32-24(31)30-13-9-8-10-16(15-30)11-12-18-19-21(20(25)17(5-2)27-18)28-23(33-6-3)29-22(19)26;1-2/h16H,4-15H2,1-3H3,(H2,26,28,29);1-2H3. The largest absolute Gasteiger partial charge is 0.449 e. The van der Waals surface area contributed by atoms with Gasteiger partial charge in [-0.25, -0.2) is 19.2 Å². The van der Waals surface area contributed by atoms with E-state index < -0.39 is 5.82 Å². The maximum absolute atomic E-state index is 15.1. The van der Waals surface area contributed by atoms with Crippen LogP contribution < -0.4 is 5.73 Å². The molecule has 2 N–H and O–H groups in total. The summed E-state index contributed by atoms with van der Waals surface area (Å²) in [4.78, 5) is 27.8. The minimum absolute atomic E-state index is 0.215. The molecule has 1 saturated heterocycles. The van der Waals surface area contributed by atoms with Gasteiger partial charge in [-0.1, -0.05) is 59.2 Å². The molecule has 0 aromatic carbocycles. The summed E-state index contributed by atoms with van der Waals surface area (Å²) >= 11 is 1.44. The average molecular weight is 508 g/mol. The summed E-state index contributed by atoms with van der Waals surface area (Å²) in [5, 5.41) is 1.01. The molecule has 1 aliphatic heterocycles. The van der Waals surface area contributed by atoms with Gasteiger partial charge in [0.1, 0.15) is 11.3 Å². The van der Waals surface area contributed by atoms with Crippen LogP contribution in [0.4, 0.5) is 15.0 Å². The van der Waals surface area contributed by atoms with Crippen molar-refractivity contribution in [2.24, 2.45) is 5.92 Å². The van der Waals surface area contributed by atoms with Crippen molar-refractivity contribution in [1.29, 1.82) is 0 Å². The Morgan fingerprint density at radius 2 is 1.94 bits per heavy atom. The van der Waals surface area contributed by atoms with Gasteiger partial charge in [-0.05, 0) is 50.2 Å². The molecule has 2 aromatic rings. The quantitative estimate of drug-likeness (QED) is 0.238. The van der Waals surface area contributed by atoms with Gasteiger partial charge in [0.15, 0.2) is 11.0 Å². The first-order valence-electron chi connectivity index (χ1n) is 13.2. The number of nitrogens with zero attached hydrogens (tertiary/aromatic N) is 4. The third-order valence-electron chi connectivity index (χ3n) is 6.08. The molecular weight excluding hydrogens is 465 g/mol. The molecule has 0 radical (unpaired) electrons. The third kappa shape index (κ3) is 7.92. The first kappa shape index (κ1) is 29.1. The van der Waals surface area contributed by atoms with E-state index in [-0.39, 0.29) is 17.4 Å². The summed E-state index contributed by atoms with van der Waals surface area (Å²) in [7, 11) is 0. The fourth-order valence-corrected chi connectivity index (χ4v) is 4.86. The Balaban J connectivity index is 0.00000210. The van der Waals surface area contributed by atoms with Crippen LogP contribution in [0.15, 0.2) is 5.16 Å². The summed E-state index contributed by atoms with van der Waals surface area (Å²) < 4.78 is 20.5. The number of likely N-dealkylation sites (tertiary alicyclic amines) is 1. The fourth-order valence-electron chi connectivity index (χ4n) is 4.28. The molecule has 0 spiro atoms. The van der Waals surface area contributed by atoms with Crippen LogP contribution >= 0.6 is 11.8 Å². The third-order valence-corrected chi connectivity index (χ3v) is 6.81. The summed E-state index contributed by atoms with van der Waals surface area (Å²) in [5.74, 6) is 0.987. The van der Waals surface area contributed by atoms with E-state index in [1.165, 1.54) is 11.8 Å². The topological polar surface area (TPSA) is 94.2 Å². The number of nitrogens with two attached hydrogens (primary N) is 1. The fraction of sp³-hybridized carbons (Fsp3) is 0.692. The molecule has 0 bridgehead atoms. The van der Waals surface area contributed by atoms with Crippen LogP contribution in [0.3, 0.4) is 0 Å². The Morgan fingerprint density at radius 1 is 1.17 bits per heavy atom. The minimum atomic E-state index is -0.404. The molecule has 3 rings (SSSR count). The lowest BCUT2D eigenvalue weighted by atomic mass is 9.95. The van der Waals surface area contributed by atoms with E-state index in [0.717, 1.165) is 56.5 Å².